The molecule has 0 aliphatic heterocycles. The Bertz CT molecular complexity index is 789. The number of carbonyl (C=O) groups is 1. The van der Waals surface area contributed by atoms with Gasteiger partial charge in [-0.15, -0.1) is 0 Å². The molecule has 132 valence electrons. The lowest BCUT2D eigenvalue weighted by atomic mass is 10.1. The molecule has 0 aromatic heterocycles. The highest BCUT2D eigenvalue weighted by molar-refractivity contribution is 5.94. The van der Waals surface area contributed by atoms with Gasteiger partial charge >= 0.3 is 0 Å². The van der Waals surface area contributed by atoms with Crippen LogP contribution in [0.1, 0.15) is 18.1 Å². The highest BCUT2D eigenvalue weighted by Gasteiger charge is 2.18. The summed E-state index contributed by atoms with van der Waals surface area (Å²) < 4.78 is 10.9. The molecule has 0 saturated carbocycles. The van der Waals surface area contributed by atoms with Gasteiger partial charge in [-0.05, 0) is 50.1 Å². The van der Waals surface area contributed by atoms with Crippen LogP contribution >= 0.6 is 0 Å². The molecule has 0 heterocycles. The number of rotatable bonds is 7. The number of nitro groups is 1. The van der Waals surface area contributed by atoms with Gasteiger partial charge in [0.05, 0.1) is 11.5 Å². The van der Waals surface area contributed by atoms with Crippen LogP contribution in [0.2, 0.25) is 0 Å². The van der Waals surface area contributed by atoms with Crippen LogP contribution in [-0.2, 0) is 4.79 Å². The van der Waals surface area contributed by atoms with E-state index < -0.39 is 10.8 Å². The van der Waals surface area contributed by atoms with E-state index in [1.165, 1.54) is 6.07 Å². The molecule has 1 N–H and O–H groups in total. The Labute approximate surface area is 145 Å². The molecule has 0 atom stereocenters. The van der Waals surface area contributed by atoms with Crippen molar-refractivity contribution >= 4 is 17.3 Å². The SMILES string of the molecule is CCOc1ccccc1OCC(=O)Nc1cc(C)c(C)cc1[N+](=O)[O-]. The molecule has 0 radical (unpaired) electrons. The van der Waals surface area contributed by atoms with Crippen LogP contribution in [-0.4, -0.2) is 24.0 Å². The molecule has 2 rings (SSSR count). The Morgan fingerprint density at radius 1 is 1.12 bits per heavy atom. The summed E-state index contributed by atoms with van der Waals surface area (Å²) in [6.45, 7) is 5.64. The lowest BCUT2D eigenvalue weighted by Gasteiger charge is -2.12. The summed E-state index contributed by atoms with van der Waals surface area (Å²) in [6, 6.07) is 10.0. The topological polar surface area (TPSA) is 90.7 Å². The van der Waals surface area contributed by atoms with Crippen LogP contribution in [0.4, 0.5) is 11.4 Å². The van der Waals surface area contributed by atoms with E-state index in [1.54, 1.807) is 37.3 Å². The summed E-state index contributed by atoms with van der Waals surface area (Å²) in [7, 11) is 0. The van der Waals surface area contributed by atoms with E-state index in [0.29, 0.717) is 18.1 Å². The van der Waals surface area contributed by atoms with E-state index >= 15 is 0 Å². The summed E-state index contributed by atoms with van der Waals surface area (Å²) in [4.78, 5) is 22.8. The molecule has 0 bridgehead atoms. The molecule has 7 nitrogen and oxygen atoms in total. The maximum absolute atomic E-state index is 12.1. The van der Waals surface area contributed by atoms with Gasteiger partial charge < -0.3 is 14.8 Å². The Kier molecular flexibility index (Phi) is 5.94. The summed E-state index contributed by atoms with van der Waals surface area (Å²) >= 11 is 0. The molecular formula is C18H20N2O5. The predicted octanol–water partition coefficient (Wildman–Crippen LogP) is 3.63. The number of benzene rings is 2. The van der Waals surface area contributed by atoms with Gasteiger partial charge in [0, 0.05) is 6.07 Å². The molecule has 1 amide bonds. The van der Waals surface area contributed by atoms with Gasteiger partial charge in [0.1, 0.15) is 5.69 Å². The Hall–Kier alpha value is -3.09. The van der Waals surface area contributed by atoms with Crippen LogP contribution in [0.5, 0.6) is 11.5 Å². The first kappa shape index (κ1) is 18.3. The van der Waals surface area contributed by atoms with E-state index in [-0.39, 0.29) is 18.0 Å². The summed E-state index contributed by atoms with van der Waals surface area (Å²) in [5.41, 5.74) is 1.64. The maximum Gasteiger partial charge on any atom is 0.293 e. The average Bonchev–Trinajstić information content (AvgIpc) is 2.57. The van der Waals surface area contributed by atoms with E-state index in [0.717, 1.165) is 11.1 Å². The predicted molar refractivity (Wildman–Crippen MR) is 94.3 cm³/mol. The molecule has 2 aromatic carbocycles. The van der Waals surface area contributed by atoms with Gasteiger partial charge in [0.25, 0.3) is 11.6 Å². The standard InChI is InChI=1S/C18H20N2O5/c1-4-24-16-7-5-6-8-17(16)25-11-18(21)19-14-9-12(2)13(3)10-15(14)20(22)23/h5-10H,4,11H2,1-3H3,(H,19,21). The number of nitrogens with zero attached hydrogens (tertiary/aromatic N) is 1. The monoisotopic (exact) mass is 344 g/mol. The summed E-state index contributed by atoms with van der Waals surface area (Å²) in [5, 5.41) is 13.7. The van der Waals surface area contributed by atoms with Crippen molar-refractivity contribution in [2.75, 3.05) is 18.5 Å². The number of amides is 1. The fourth-order valence-electron chi connectivity index (χ4n) is 2.23. The molecule has 0 fully saturated rings. The fourth-order valence-corrected chi connectivity index (χ4v) is 2.23. The fraction of sp³-hybridized carbons (Fsp3) is 0.278. The van der Waals surface area contributed by atoms with E-state index in [1.807, 2.05) is 13.8 Å². The first-order valence-electron chi connectivity index (χ1n) is 7.82. The van der Waals surface area contributed by atoms with Gasteiger partial charge in [-0.3, -0.25) is 14.9 Å². The molecule has 0 aliphatic rings. The van der Waals surface area contributed by atoms with E-state index in [4.69, 9.17) is 9.47 Å². The number of hydrogen-bond donors (Lipinski definition) is 1. The number of ether oxygens (including phenoxy) is 2. The van der Waals surface area contributed by atoms with Crippen LogP contribution in [0.3, 0.4) is 0 Å². The minimum atomic E-state index is -0.521. The molecule has 0 saturated heterocycles. The van der Waals surface area contributed by atoms with Gasteiger partial charge in [0.15, 0.2) is 18.1 Å². The lowest BCUT2D eigenvalue weighted by Crippen LogP contribution is -2.21. The van der Waals surface area contributed by atoms with Gasteiger partial charge in [-0.1, -0.05) is 12.1 Å². The average molecular weight is 344 g/mol. The molecule has 0 aliphatic carbocycles. The normalized spacial score (nSPS) is 10.2. The lowest BCUT2D eigenvalue weighted by molar-refractivity contribution is -0.384. The number of nitro benzene ring substituents is 1. The number of aryl methyl sites for hydroxylation is 2. The van der Waals surface area contributed by atoms with Crippen molar-refractivity contribution < 1.29 is 19.2 Å². The van der Waals surface area contributed by atoms with Crippen molar-refractivity contribution in [2.24, 2.45) is 0 Å². The summed E-state index contributed by atoms with van der Waals surface area (Å²) in [5.74, 6) is 0.488. The van der Waals surface area contributed by atoms with Crippen molar-refractivity contribution in [1.29, 1.82) is 0 Å². The van der Waals surface area contributed by atoms with Crippen LogP contribution in [0, 0.1) is 24.0 Å². The van der Waals surface area contributed by atoms with Crippen molar-refractivity contribution in [1.82, 2.24) is 0 Å². The molecular weight excluding hydrogens is 324 g/mol. The van der Waals surface area contributed by atoms with Gasteiger partial charge in [-0.2, -0.15) is 0 Å². The number of carbonyl (C=O) groups excluding carboxylic acids is 1. The Balaban J connectivity index is 2.09. The Morgan fingerprint density at radius 3 is 2.32 bits per heavy atom. The second-order valence-electron chi connectivity index (χ2n) is 5.43. The van der Waals surface area contributed by atoms with Crippen LogP contribution in [0.15, 0.2) is 36.4 Å². The largest absolute Gasteiger partial charge is 0.490 e. The van der Waals surface area contributed by atoms with Crippen molar-refractivity contribution in [3.8, 4) is 11.5 Å². The van der Waals surface area contributed by atoms with Gasteiger partial charge in [0.2, 0.25) is 0 Å². The number of nitrogens with one attached hydrogen (secondary N) is 1. The van der Waals surface area contributed by atoms with E-state index in [2.05, 4.69) is 5.32 Å². The zero-order chi connectivity index (χ0) is 18.4. The minimum absolute atomic E-state index is 0.147. The zero-order valence-electron chi connectivity index (χ0n) is 14.4. The van der Waals surface area contributed by atoms with Crippen molar-refractivity contribution in [3.05, 3.63) is 57.6 Å². The second-order valence-corrected chi connectivity index (χ2v) is 5.43. The summed E-state index contributed by atoms with van der Waals surface area (Å²) in [6.07, 6.45) is 0. The third-order valence-electron chi connectivity index (χ3n) is 3.59. The zero-order valence-corrected chi connectivity index (χ0v) is 14.4. The van der Waals surface area contributed by atoms with Crippen molar-refractivity contribution in [3.63, 3.8) is 0 Å². The van der Waals surface area contributed by atoms with Crippen LogP contribution in [0.25, 0.3) is 0 Å². The minimum Gasteiger partial charge on any atom is -0.490 e. The molecule has 7 heteroatoms. The molecule has 0 unspecified atom stereocenters. The third-order valence-corrected chi connectivity index (χ3v) is 3.59. The second kappa shape index (κ2) is 8.14. The molecule has 25 heavy (non-hydrogen) atoms. The molecule has 2 aromatic rings. The maximum atomic E-state index is 12.1. The molecule has 0 spiro atoms. The first-order valence-corrected chi connectivity index (χ1v) is 7.82. The van der Waals surface area contributed by atoms with E-state index in [9.17, 15) is 14.9 Å². The quantitative estimate of drug-likeness (QED) is 0.612. The first-order chi connectivity index (χ1) is 11.9. The smallest absolute Gasteiger partial charge is 0.293 e. The van der Waals surface area contributed by atoms with Crippen molar-refractivity contribution in [2.45, 2.75) is 20.8 Å². The Morgan fingerprint density at radius 2 is 1.72 bits per heavy atom. The highest BCUT2D eigenvalue weighted by Crippen LogP contribution is 2.29. The number of anilines is 1. The number of hydrogen-bond acceptors (Lipinski definition) is 5. The van der Waals surface area contributed by atoms with Gasteiger partial charge in [-0.25, -0.2) is 0 Å². The highest BCUT2D eigenvalue weighted by atomic mass is 16.6. The van der Waals surface area contributed by atoms with Crippen LogP contribution < -0.4 is 14.8 Å². The third kappa shape index (κ3) is 4.69. The number of para-hydroxylation sites is 2.